The average molecular weight is 294 g/mol. The standard InChI is InChI=1S/C15H17ClFN3/c1-3-19-14(10-4-9(2)5-12(17)6-10)13-7-11(16)8-20-15(13)18/h4-8,14,19H,3H2,1-2H3,(H2,18,20). The van der Waals surface area contributed by atoms with E-state index < -0.39 is 0 Å². The van der Waals surface area contributed by atoms with E-state index in [9.17, 15) is 4.39 Å². The molecule has 0 amide bonds. The van der Waals surface area contributed by atoms with Gasteiger partial charge in [0.25, 0.3) is 0 Å². The van der Waals surface area contributed by atoms with E-state index in [4.69, 9.17) is 17.3 Å². The Morgan fingerprint density at radius 1 is 1.35 bits per heavy atom. The molecule has 0 saturated heterocycles. The lowest BCUT2D eigenvalue weighted by Gasteiger charge is -2.21. The number of halogens is 2. The van der Waals surface area contributed by atoms with Crippen LogP contribution in [0.15, 0.2) is 30.5 Å². The fourth-order valence-electron chi connectivity index (χ4n) is 2.24. The number of hydrogen-bond acceptors (Lipinski definition) is 3. The second-order valence-corrected chi connectivity index (χ2v) is 5.12. The minimum absolute atomic E-state index is 0.236. The normalized spacial score (nSPS) is 12.4. The quantitative estimate of drug-likeness (QED) is 0.907. The van der Waals surface area contributed by atoms with Crippen LogP contribution < -0.4 is 11.1 Å². The van der Waals surface area contributed by atoms with Crippen molar-refractivity contribution >= 4 is 17.4 Å². The maximum Gasteiger partial charge on any atom is 0.128 e. The molecule has 1 aromatic heterocycles. The van der Waals surface area contributed by atoms with Crippen molar-refractivity contribution in [3.8, 4) is 0 Å². The van der Waals surface area contributed by atoms with Gasteiger partial charge in [0, 0.05) is 11.8 Å². The number of aryl methyl sites for hydroxylation is 1. The van der Waals surface area contributed by atoms with Gasteiger partial charge in [0.15, 0.2) is 0 Å². The van der Waals surface area contributed by atoms with Gasteiger partial charge in [-0.15, -0.1) is 0 Å². The highest BCUT2D eigenvalue weighted by Gasteiger charge is 2.18. The highest BCUT2D eigenvalue weighted by molar-refractivity contribution is 6.30. The Morgan fingerprint density at radius 2 is 2.10 bits per heavy atom. The molecule has 1 unspecified atom stereocenters. The molecule has 1 heterocycles. The lowest BCUT2D eigenvalue weighted by Crippen LogP contribution is -2.23. The van der Waals surface area contributed by atoms with Gasteiger partial charge < -0.3 is 11.1 Å². The summed E-state index contributed by atoms with van der Waals surface area (Å²) in [7, 11) is 0. The van der Waals surface area contributed by atoms with Crippen LogP contribution in [-0.4, -0.2) is 11.5 Å². The average Bonchev–Trinajstić information content (AvgIpc) is 2.38. The molecule has 5 heteroatoms. The molecule has 20 heavy (non-hydrogen) atoms. The lowest BCUT2D eigenvalue weighted by atomic mass is 9.97. The van der Waals surface area contributed by atoms with Gasteiger partial charge in [0.1, 0.15) is 11.6 Å². The number of hydrogen-bond donors (Lipinski definition) is 2. The van der Waals surface area contributed by atoms with Crippen molar-refractivity contribution in [3.63, 3.8) is 0 Å². The Bertz CT molecular complexity index is 596. The summed E-state index contributed by atoms with van der Waals surface area (Å²) in [6.45, 7) is 4.55. The molecular weight excluding hydrogens is 277 g/mol. The predicted molar refractivity (Wildman–Crippen MR) is 80.3 cm³/mol. The van der Waals surface area contributed by atoms with E-state index in [-0.39, 0.29) is 11.9 Å². The highest BCUT2D eigenvalue weighted by atomic mass is 35.5. The zero-order valence-electron chi connectivity index (χ0n) is 11.5. The molecule has 0 fully saturated rings. The topological polar surface area (TPSA) is 50.9 Å². The molecule has 0 radical (unpaired) electrons. The van der Waals surface area contributed by atoms with Gasteiger partial charge in [-0.05, 0) is 42.8 Å². The molecule has 0 spiro atoms. The maximum absolute atomic E-state index is 13.6. The van der Waals surface area contributed by atoms with Crippen LogP contribution in [-0.2, 0) is 0 Å². The van der Waals surface area contributed by atoms with Crippen LogP contribution in [0.2, 0.25) is 5.02 Å². The summed E-state index contributed by atoms with van der Waals surface area (Å²) >= 11 is 5.99. The first-order valence-electron chi connectivity index (χ1n) is 6.42. The summed E-state index contributed by atoms with van der Waals surface area (Å²) in [4.78, 5) is 4.06. The van der Waals surface area contributed by atoms with Crippen LogP contribution in [0.5, 0.6) is 0 Å². The van der Waals surface area contributed by atoms with E-state index in [1.165, 1.54) is 18.3 Å². The summed E-state index contributed by atoms with van der Waals surface area (Å²) in [5.41, 5.74) is 8.35. The van der Waals surface area contributed by atoms with Crippen LogP contribution >= 0.6 is 11.6 Å². The number of nitrogens with zero attached hydrogens (tertiary/aromatic N) is 1. The van der Waals surface area contributed by atoms with Gasteiger partial charge in [-0.1, -0.05) is 24.6 Å². The molecule has 3 nitrogen and oxygen atoms in total. The Morgan fingerprint density at radius 3 is 2.75 bits per heavy atom. The van der Waals surface area contributed by atoms with Gasteiger partial charge in [-0.2, -0.15) is 0 Å². The van der Waals surface area contributed by atoms with E-state index in [0.29, 0.717) is 17.4 Å². The number of rotatable bonds is 4. The molecule has 106 valence electrons. The van der Waals surface area contributed by atoms with Crippen molar-refractivity contribution in [2.75, 3.05) is 12.3 Å². The smallest absolute Gasteiger partial charge is 0.128 e. The zero-order valence-corrected chi connectivity index (χ0v) is 12.2. The second kappa shape index (κ2) is 6.20. The number of aromatic nitrogens is 1. The molecule has 2 rings (SSSR count). The molecule has 3 N–H and O–H groups in total. The number of pyridine rings is 1. The van der Waals surface area contributed by atoms with Crippen LogP contribution in [0, 0.1) is 12.7 Å². The molecule has 0 aliphatic heterocycles. The van der Waals surface area contributed by atoms with Crippen molar-refractivity contribution in [1.82, 2.24) is 10.3 Å². The third-order valence-corrected chi connectivity index (χ3v) is 3.24. The first kappa shape index (κ1) is 14.8. The Kier molecular flexibility index (Phi) is 4.57. The number of anilines is 1. The first-order valence-corrected chi connectivity index (χ1v) is 6.80. The number of nitrogens with two attached hydrogens (primary N) is 1. The fraction of sp³-hybridized carbons (Fsp3) is 0.267. The van der Waals surface area contributed by atoms with Crippen molar-refractivity contribution in [1.29, 1.82) is 0 Å². The van der Waals surface area contributed by atoms with Gasteiger partial charge >= 0.3 is 0 Å². The molecule has 1 atom stereocenters. The summed E-state index contributed by atoms with van der Waals surface area (Å²) in [6, 6.07) is 6.45. The number of nitrogens with one attached hydrogen (secondary N) is 1. The molecule has 1 aromatic carbocycles. The van der Waals surface area contributed by atoms with Crippen LogP contribution in [0.1, 0.15) is 29.7 Å². The van der Waals surface area contributed by atoms with E-state index in [2.05, 4.69) is 10.3 Å². The lowest BCUT2D eigenvalue weighted by molar-refractivity contribution is 0.602. The van der Waals surface area contributed by atoms with Crippen molar-refractivity contribution in [3.05, 3.63) is 58.0 Å². The SMILES string of the molecule is CCNC(c1cc(C)cc(F)c1)c1cc(Cl)cnc1N. The van der Waals surface area contributed by atoms with Crippen LogP contribution in [0.4, 0.5) is 10.2 Å². The van der Waals surface area contributed by atoms with E-state index >= 15 is 0 Å². The summed E-state index contributed by atoms with van der Waals surface area (Å²) in [6.07, 6.45) is 1.50. The Hall–Kier alpha value is -1.65. The Labute approximate surface area is 123 Å². The third-order valence-electron chi connectivity index (χ3n) is 3.03. The molecule has 2 aromatic rings. The summed E-state index contributed by atoms with van der Waals surface area (Å²) in [5.74, 6) is 0.124. The highest BCUT2D eigenvalue weighted by Crippen LogP contribution is 2.28. The predicted octanol–water partition coefficient (Wildman–Crippen LogP) is 3.46. The van der Waals surface area contributed by atoms with E-state index in [1.54, 1.807) is 6.07 Å². The van der Waals surface area contributed by atoms with Crippen molar-refractivity contribution in [2.24, 2.45) is 0 Å². The first-order chi connectivity index (χ1) is 9.51. The Balaban J connectivity index is 2.52. The van der Waals surface area contributed by atoms with E-state index in [1.807, 2.05) is 19.9 Å². The van der Waals surface area contributed by atoms with Gasteiger partial charge in [0.05, 0.1) is 11.1 Å². The largest absolute Gasteiger partial charge is 0.383 e. The minimum Gasteiger partial charge on any atom is -0.383 e. The van der Waals surface area contributed by atoms with Gasteiger partial charge in [0.2, 0.25) is 0 Å². The van der Waals surface area contributed by atoms with Gasteiger partial charge in [-0.25, -0.2) is 9.37 Å². The second-order valence-electron chi connectivity index (χ2n) is 4.68. The monoisotopic (exact) mass is 293 g/mol. The number of nitrogen functional groups attached to an aromatic ring is 1. The van der Waals surface area contributed by atoms with Crippen molar-refractivity contribution in [2.45, 2.75) is 19.9 Å². The number of benzene rings is 1. The fourth-order valence-corrected chi connectivity index (χ4v) is 2.41. The van der Waals surface area contributed by atoms with Gasteiger partial charge in [-0.3, -0.25) is 0 Å². The maximum atomic E-state index is 13.6. The zero-order chi connectivity index (χ0) is 14.7. The third kappa shape index (κ3) is 3.26. The van der Waals surface area contributed by atoms with Crippen molar-refractivity contribution < 1.29 is 4.39 Å². The molecular formula is C15H17ClFN3. The molecule has 0 saturated carbocycles. The molecule has 0 aliphatic rings. The van der Waals surface area contributed by atoms with Crippen LogP contribution in [0.3, 0.4) is 0 Å². The molecule has 0 bridgehead atoms. The summed E-state index contributed by atoms with van der Waals surface area (Å²) in [5, 5.41) is 3.80. The van der Waals surface area contributed by atoms with E-state index in [0.717, 1.165) is 16.7 Å². The summed E-state index contributed by atoms with van der Waals surface area (Å²) < 4.78 is 13.6. The minimum atomic E-state index is -0.267. The molecule has 0 aliphatic carbocycles. The van der Waals surface area contributed by atoms with Crippen LogP contribution in [0.25, 0.3) is 0 Å².